The van der Waals surface area contributed by atoms with Crippen LogP contribution in [-0.4, -0.2) is 24.7 Å². The first-order chi connectivity index (χ1) is 10.6. The van der Waals surface area contributed by atoms with Crippen molar-refractivity contribution in [2.45, 2.75) is 39.7 Å². The molecule has 0 aliphatic rings. The summed E-state index contributed by atoms with van der Waals surface area (Å²) in [7, 11) is 0. The van der Waals surface area contributed by atoms with Crippen LogP contribution >= 0.6 is 11.3 Å². The Labute approximate surface area is 130 Å². The third-order valence-corrected chi connectivity index (χ3v) is 4.06. The van der Waals surface area contributed by atoms with Crippen molar-refractivity contribution in [2.24, 2.45) is 0 Å². The van der Waals surface area contributed by atoms with Crippen molar-refractivity contribution in [1.29, 1.82) is 0 Å². The quantitative estimate of drug-likeness (QED) is 0.767. The Bertz CT molecular complexity index is 852. The summed E-state index contributed by atoms with van der Waals surface area (Å²) < 4.78 is 6.31. The standard InChI is InChI=1S/C13H16N6O2S/c1-4-8-6-10(20)19-13(15-8)22-12(17-19)16-9(5-2)11-14-7(3)21-18-11/h6,9H,4-5H2,1-3H3,(H,16,17). The van der Waals surface area contributed by atoms with Gasteiger partial charge in [0.25, 0.3) is 5.56 Å². The summed E-state index contributed by atoms with van der Waals surface area (Å²) in [6.45, 7) is 5.72. The molecule has 0 saturated carbocycles. The van der Waals surface area contributed by atoms with Crippen LogP contribution in [0.15, 0.2) is 15.4 Å². The van der Waals surface area contributed by atoms with Crippen molar-refractivity contribution in [2.75, 3.05) is 5.32 Å². The van der Waals surface area contributed by atoms with E-state index in [2.05, 4.69) is 25.5 Å². The maximum absolute atomic E-state index is 12.0. The highest BCUT2D eigenvalue weighted by Crippen LogP contribution is 2.23. The molecule has 3 aromatic heterocycles. The fraction of sp³-hybridized carbons (Fsp3) is 0.462. The molecule has 9 heteroatoms. The highest BCUT2D eigenvalue weighted by atomic mass is 32.1. The molecule has 0 aromatic carbocycles. The van der Waals surface area contributed by atoms with Gasteiger partial charge < -0.3 is 9.84 Å². The Balaban J connectivity index is 1.93. The molecule has 1 atom stereocenters. The maximum atomic E-state index is 12.0. The van der Waals surface area contributed by atoms with E-state index in [0.717, 1.165) is 12.1 Å². The van der Waals surface area contributed by atoms with Gasteiger partial charge in [0.1, 0.15) is 0 Å². The topological polar surface area (TPSA) is 98.2 Å². The molecule has 0 amide bonds. The molecule has 0 radical (unpaired) electrons. The normalized spacial score (nSPS) is 12.7. The van der Waals surface area contributed by atoms with Crippen LogP contribution in [0, 0.1) is 6.92 Å². The third-order valence-electron chi connectivity index (χ3n) is 3.22. The molecule has 3 heterocycles. The zero-order valence-corrected chi connectivity index (χ0v) is 13.3. The highest BCUT2D eigenvalue weighted by Gasteiger charge is 2.18. The molecule has 0 fully saturated rings. The largest absolute Gasteiger partial charge is 0.350 e. The fourth-order valence-corrected chi connectivity index (χ4v) is 2.93. The molecule has 0 spiro atoms. The molecule has 1 N–H and O–H groups in total. The van der Waals surface area contributed by atoms with Gasteiger partial charge in [-0.1, -0.05) is 30.3 Å². The lowest BCUT2D eigenvalue weighted by Gasteiger charge is -2.10. The predicted molar refractivity (Wildman–Crippen MR) is 82.2 cm³/mol. The molecular formula is C13H16N6O2S. The van der Waals surface area contributed by atoms with E-state index in [4.69, 9.17) is 4.52 Å². The van der Waals surface area contributed by atoms with Gasteiger partial charge in [0.05, 0.1) is 6.04 Å². The number of anilines is 1. The lowest BCUT2D eigenvalue weighted by atomic mass is 10.2. The summed E-state index contributed by atoms with van der Waals surface area (Å²) in [6.07, 6.45) is 1.48. The van der Waals surface area contributed by atoms with E-state index in [-0.39, 0.29) is 11.6 Å². The van der Waals surface area contributed by atoms with Crippen molar-refractivity contribution < 1.29 is 4.52 Å². The van der Waals surface area contributed by atoms with E-state index in [9.17, 15) is 4.79 Å². The average molecular weight is 320 g/mol. The SMILES string of the molecule is CCc1cc(=O)n2nc(NC(CC)c3noc(C)n3)sc2n1. The van der Waals surface area contributed by atoms with Crippen molar-refractivity contribution in [1.82, 2.24) is 24.7 Å². The number of aromatic nitrogens is 5. The maximum Gasteiger partial charge on any atom is 0.275 e. The summed E-state index contributed by atoms with van der Waals surface area (Å²) in [5.41, 5.74) is 0.593. The van der Waals surface area contributed by atoms with Gasteiger partial charge in [-0.05, 0) is 12.8 Å². The summed E-state index contributed by atoms with van der Waals surface area (Å²) >= 11 is 1.33. The first-order valence-electron chi connectivity index (χ1n) is 7.07. The first kappa shape index (κ1) is 14.6. The Kier molecular flexibility index (Phi) is 3.88. The van der Waals surface area contributed by atoms with Crippen molar-refractivity contribution >= 4 is 21.4 Å². The highest BCUT2D eigenvalue weighted by molar-refractivity contribution is 7.20. The molecule has 0 aliphatic carbocycles. The second-order valence-electron chi connectivity index (χ2n) is 4.82. The Morgan fingerprint density at radius 3 is 2.86 bits per heavy atom. The molecule has 3 rings (SSSR count). The van der Waals surface area contributed by atoms with Crippen LogP contribution < -0.4 is 10.9 Å². The molecule has 8 nitrogen and oxygen atoms in total. The lowest BCUT2D eigenvalue weighted by Crippen LogP contribution is -2.16. The minimum Gasteiger partial charge on any atom is -0.350 e. The van der Waals surface area contributed by atoms with Gasteiger partial charge in [-0.2, -0.15) is 9.50 Å². The first-order valence-corrected chi connectivity index (χ1v) is 7.89. The number of fused-ring (bicyclic) bond motifs is 1. The van der Waals surface area contributed by atoms with Crippen LogP contribution in [0.1, 0.15) is 43.7 Å². The molecule has 0 bridgehead atoms. The summed E-state index contributed by atoms with van der Waals surface area (Å²) in [4.78, 5) is 21.2. The zero-order chi connectivity index (χ0) is 15.7. The van der Waals surface area contributed by atoms with Crippen LogP contribution in [0.3, 0.4) is 0 Å². The van der Waals surface area contributed by atoms with E-state index in [1.54, 1.807) is 6.92 Å². The molecule has 1 unspecified atom stereocenters. The van der Waals surface area contributed by atoms with Gasteiger partial charge in [-0.3, -0.25) is 4.79 Å². The van der Waals surface area contributed by atoms with Crippen LogP contribution in [0.5, 0.6) is 0 Å². The summed E-state index contributed by atoms with van der Waals surface area (Å²) in [5, 5.41) is 12.0. The van der Waals surface area contributed by atoms with Gasteiger partial charge in [-0.25, -0.2) is 4.98 Å². The van der Waals surface area contributed by atoms with Crippen LogP contribution in [0.4, 0.5) is 5.13 Å². The van der Waals surface area contributed by atoms with E-state index < -0.39 is 0 Å². The minimum atomic E-state index is -0.172. The van der Waals surface area contributed by atoms with Gasteiger partial charge in [-0.15, -0.1) is 5.10 Å². The number of hydrogen-bond donors (Lipinski definition) is 1. The molecule has 116 valence electrons. The zero-order valence-electron chi connectivity index (χ0n) is 12.5. The van der Waals surface area contributed by atoms with Gasteiger partial charge in [0.2, 0.25) is 16.0 Å². The minimum absolute atomic E-state index is 0.126. The summed E-state index contributed by atoms with van der Waals surface area (Å²) in [5.74, 6) is 1.10. The fourth-order valence-electron chi connectivity index (χ4n) is 2.05. The number of aryl methyl sites for hydroxylation is 2. The average Bonchev–Trinajstić information content (AvgIpc) is 3.10. The lowest BCUT2D eigenvalue weighted by molar-refractivity contribution is 0.384. The predicted octanol–water partition coefficient (Wildman–Crippen LogP) is 1.97. The Hall–Kier alpha value is -2.29. The number of hydrogen-bond acceptors (Lipinski definition) is 8. The molecular weight excluding hydrogens is 304 g/mol. The van der Waals surface area contributed by atoms with E-state index in [1.165, 1.54) is 21.9 Å². The number of nitrogens with one attached hydrogen (secondary N) is 1. The molecule has 0 saturated heterocycles. The third kappa shape index (κ3) is 2.71. The number of nitrogens with zero attached hydrogens (tertiary/aromatic N) is 5. The van der Waals surface area contributed by atoms with E-state index >= 15 is 0 Å². The smallest absolute Gasteiger partial charge is 0.275 e. The van der Waals surface area contributed by atoms with Crippen molar-refractivity contribution in [3.63, 3.8) is 0 Å². The Morgan fingerprint density at radius 2 is 2.23 bits per heavy atom. The molecule has 3 aromatic rings. The van der Waals surface area contributed by atoms with E-state index in [0.29, 0.717) is 28.2 Å². The van der Waals surface area contributed by atoms with Gasteiger partial charge in [0.15, 0.2) is 5.82 Å². The van der Waals surface area contributed by atoms with Crippen LogP contribution in [-0.2, 0) is 6.42 Å². The Morgan fingerprint density at radius 1 is 1.41 bits per heavy atom. The summed E-state index contributed by atoms with van der Waals surface area (Å²) in [6, 6.07) is 1.38. The van der Waals surface area contributed by atoms with E-state index in [1.807, 2.05) is 13.8 Å². The van der Waals surface area contributed by atoms with Gasteiger partial charge >= 0.3 is 0 Å². The monoisotopic (exact) mass is 320 g/mol. The second kappa shape index (κ2) is 5.84. The second-order valence-corrected chi connectivity index (χ2v) is 5.77. The number of rotatable bonds is 5. The van der Waals surface area contributed by atoms with Crippen molar-refractivity contribution in [3.8, 4) is 0 Å². The molecule has 22 heavy (non-hydrogen) atoms. The molecule has 0 aliphatic heterocycles. The van der Waals surface area contributed by atoms with Gasteiger partial charge in [0, 0.05) is 18.7 Å². The van der Waals surface area contributed by atoms with Crippen LogP contribution in [0.2, 0.25) is 0 Å². The van der Waals surface area contributed by atoms with Crippen LogP contribution in [0.25, 0.3) is 4.96 Å². The van der Waals surface area contributed by atoms with Crippen molar-refractivity contribution in [3.05, 3.63) is 33.8 Å².